The molecule has 1 aliphatic rings. The molecule has 1 aliphatic heterocycles. The number of guanidine groups is 1. The van der Waals surface area contributed by atoms with E-state index < -0.39 is 12.7 Å². The maximum absolute atomic E-state index is 12.4. The summed E-state index contributed by atoms with van der Waals surface area (Å²) >= 11 is 5.85. The van der Waals surface area contributed by atoms with Crippen LogP contribution in [0.2, 0.25) is 5.02 Å². The summed E-state index contributed by atoms with van der Waals surface area (Å²) in [7, 11) is 1.67. The smallest absolute Gasteiger partial charge is 0.356 e. The molecule has 2 N–H and O–H groups in total. The summed E-state index contributed by atoms with van der Waals surface area (Å²) in [5, 5.41) is 7.05. The highest BCUT2D eigenvalue weighted by Gasteiger charge is 2.34. The highest BCUT2D eigenvalue weighted by atomic mass is 35.5. The number of aliphatic imine (C=N–C) groups is 1. The van der Waals surface area contributed by atoms with Crippen molar-refractivity contribution in [2.24, 2.45) is 10.9 Å². The van der Waals surface area contributed by atoms with Crippen molar-refractivity contribution in [3.63, 3.8) is 0 Å². The van der Waals surface area contributed by atoms with E-state index >= 15 is 0 Å². The number of nitrogens with one attached hydrogen (secondary N) is 2. The molecule has 2 rings (SSSR count). The summed E-state index contributed by atoms with van der Waals surface area (Å²) in [5.41, 5.74) is 1.07. The zero-order valence-corrected chi connectivity index (χ0v) is 14.3. The monoisotopic (exact) mass is 362 g/mol. The van der Waals surface area contributed by atoms with Crippen LogP contribution in [-0.4, -0.2) is 50.3 Å². The lowest BCUT2D eigenvalue weighted by Crippen LogP contribution is -2.40. The molecule has 0 spiro atoms. The quantitative estimate of drug-likeness (QED) is 0.625. The van der Waals surface area contributed by atoms with E-state index in [0.29, 0.717) is 37.2 Å². The first-order valence-electron chi connectivity index (χ1n) is 7.84. The first-order chi connectivity index (χ1) is 11.4. The van der Waals surface area contributed by atoms with E-state index in [1.807, 2.05) is 24.3 Å². The molecule has 1 heterocycles. The standard InChI is InChI=1S/C16H22ClF3N4/c1-21-15(22-8-12-2-4-14(17)5-3-12)23-9-13-6-7-24(10-13)11-16(18,19)20/h2-5,13H,6-11H2,1H3,(H2,21,22,23). The molecule has 0 saturated carbocycles. The first-order valence-corrected chi connectivity index (χ1v) is 8.21. The van der Waals surface area contributed by atoms with E-state index in [1.165, 1.54) is 4.90 Å². The number of benzene rings is 1. The number of likely N-dealkylation sites (tertiary alicyclic amines) is 1. The van der Waals surface area contributed by atoms with Gasteiger partial charge in [0, 0.05) is 31.7 Å². The van der Waals surface area contributed by atoms with E-state index in [0.717, 1.165) is 12.0 Å². The molecule has 1 aromatic carbocycles. The molecule has 0 radical (unpaired) electrons. The summed E-state index contributed by atoms with van der Waals surface area (Å²) in [6.07, 6.45) is -3.37. The summed E-state index contributed by atoms with van der Waals surface area (Å²) in [4.78, 5) is 5.59. The predicted octanol–water partition coefficient (Wildman–Crippen LogP) is 2.89. The SMILES string of the molecule is CN=C(NCc1ccc(Cl)cc1)NCC1CCN(CC(F)(F)F)C1. The van der Waals surface area contributed by atoms with Crippen molar-refractivity contribution in [1.82, 2.24) is 15.5 Å². The molecule has 1 saturated heterocycles. The highest BCUT2D eigenvalue weighted by molar-refractivity contribution is 6.30. The summed E-state index contributed by atoms with van der Waals surface area (Å²) in [6.45, 7) is 1.33. The van der Waals surface area contributed by atoms with Gasteiger partial charge >= 0.3 is 6.18 Å². The Bertz CT molecular complexity index is 545. The Balaban J connectivity index is 1.71. The molecule has 1 unspecified atom stereocenters. The van der Waals surface area contributed by atoms with E-state index in [4.69, 9.17) is 11.6 Å². The number of nitrogens with zero attached hydrogens (tertiary/aromatic N) is 2. The average Bonchev–Trinajstić information content (AvgIpc) is 2.94. The molecular weight excluding hydrogens is 341 g/mol. The van der Waals surface area contributed by atoms with Gasteiger partial charge in [-0.3, -0.25) is 9.89 Å². The third-order valence-electron chi connectivity index (χ3n) is 3.93. The van der Waals surface area contributed by atoms with Gasteiger partial charge in [0.2, 0.25) is 0 Å². The van der Waals surface area contributed by atoms with Crippen LogP contribution in [0.1, 0.15) is 12.0 Å². The second-order valence-electron chi connectivity index (χ2n) is 5.94. The van der Waals surface area contributed by atoms with Gasteiger partial charge in [-0.25, -0.2) is 0 Å². The van der Waals surface area contributed by atoms with Gasteiger partial charge in [-0.2, -0.15) is 13.2 Å². The van der Waals surface area contributed by atoms with Gasteiger partial charge in [-0.1, -0.05) is 23.7 Å². The molecule has 1 aromatic rings. The van der Waals surface area contributed by atoms with Crippen molar-refractivity contribution in [2.45, 2.75) is 19.1 Å². The lowest BCUT2D eigenvalue weighted by atomic mass is 10.1. The van der Waals surface area contributed by atoms with Gasteiger partial charge in [0.25, 0.3) is 0 Å². The van der Waals surface area contributed by atoms with Crippen LogP contribution >= 0.6 is 11.6 Å². The minimum Gasteiger partial charge on any atom is -0.356 e. The Morgan fingerprint density at radius 2 is 2.00 bits per heavy atom. The van der Waals surface area contributed by atoms with Gasteiger partial charge < -0.3 is 10.6 Å². The van der Waals surface area contributed by atoms with E-state index in [-0.39, 0.29) is 5.92 Å². The minimum absolute atomic E-state index is 0.196. The number of halogens is 4. The largest absolute Gasteiger partial charge is 0.401 e. The Labute approximate surface area is 145 Å². The van der Waals surface area contributed by atoms with Gasteiger partial charge in [0.05, 0.1) is 6.54 Å². The normalized spacial score (nSPS) is 19.5. The van der Waals surface area contributed by atoms with Gasteiger partial charge in [0.15, 0.2) is 5.96 Å². The molecule has 4 nitrogen and oxygen atoms in total. The van der Waals surface area contributed by atoms with Crippen molar-refractivity contribution in [3.8, 4) is 0 Å². The molecule has 0 bridgehead atoms. The van der Waals surface area contributed by atoms with E-state index in [9.17, 15) is 13.2 Å². The molecule has 134 valence electrons. The number of hydrogen-bond donors (Lipinski definition) is 2. The third kappa shape index (κ3) is 6.57. The van der Waals surface area contributed by atoms with Crippen LogP contribution in [0.15, 0.2) is 29.3 Å². The molecule has 1 fully saturated rings. The predicted molar refractivity (Wildman–Crippen MR) is 90.3 cm³/mol. The second-order valence-corrected chi connectivity index (χ2v) is 6.37. The fourth-order valence-corrected chi connectivity index (χ4v) is 2.85. The fourth-order valence-electron chi connectivity index (χ4n) is 2.73. The summed E-state index contributed by atoms with van der Waals surface area (Å²) < 4.78 is 37.2. The lowest BCUT2D eigenvalue weighted by Gasteiger charge is -2.18. The molecule has 0 aromatic heterocycles. The van der Waals surface area contributed by atoms with Crippen LogP contribution in [-0.2, 0) is 6.54 Å². The highest BCUT2D eigenvalue weighted by Crippen LogP contribution is 2.22. The van der Waals surface area contributed by atoms with Crippen molar-refractivity contribution in [3.05, 3.63) is 34.9 Å². The third-order valence-corrected chi connectivity index (χ3v) is 4.18. The number of rotatable bonds is 5. The van der Waals surface area contributed by atoms with Crippen LogP contribution in [0.5, 0.6) is 0 Å². The van der Waals surface area contributed by atoms with Crippen molar-refractivity contribution < 1.29 is 13.2 Å². The maximum Gasteiger partial charge on any atom is 0.401 e. The first kappa shape index (κ1) is 18.9. The van der Waals surface area contributed by atoms with Crippen LogP contribution in [0, 0.1) is 5.92 Å². The average molecular weight is 363 g/mol. The Hall–Kier alpha value is -1.47. The van der Waals surface area contributed by atoms with E-state index in [1.54, 1.807) is 7.05 Å². The van der Waals surface area contributed by atoms with E-state index in [2.05, 4.69) is 15.6 Å². The summed E-state index contributed by atoms with van der Waals surface area (Å²) in [5.74, 6) is 0.834. The molecule has 8 heteroatoms. The van der Waals surface area contributed by atoms with Gasteiger partial charge in [0.1, 0.15) is 0 Å². The van der Waals surface area contributed by atoms with Crippen molar-refractivity contribution in [1.29, 1.82) is 0 Å². The maximum atomic E-state index is 12.4. The summed E-state index contributed by atoms with van der Waals surface area (Å²) in [6, 6.07) is 7.49. The topological polar surface area (TPSA) is 39.7 Å². The number of hydrogen-bond acceptors (Lipinski definition) is 2. The van der Waals surface area contributed by atoms with Gasteiger partial charge in [-0.15, -0.1) is 0 Å². The number of alkyl halides is 3. The zero-order chi connectivity index (χ0) is 17.6. The molecular formula is C16H22ClF3N4. The van der Waals surface area contributed by atoms with Crippen LogP contribution in [0.3, 0.4) is 0 Å². The molecule has 0 aliphatic carbocycles. The Kier molecular flexibility index (Phi) is 6.74. The molecule has 0 amide bonds. The van der Waals surface area contributed by atoms with Crippen molar-refractivity contribution in [2.75, 3.05) is 33.2 Å². The Morgan fingerprint density at radius 3 is 2.62 bits per heavy atom. The van der Waals surface area contributed by atoms with Gasteiger partial charge in [-0.05, 0) is 36.6 Å². The van der Waals surface area contributed by atoms with Crippen LogP contribution in [0.4, 0.5) is 13.2 Å². The minimum atomic E-state index is -4.13. The van der Waals surface area contributed by atoms with Crippen LogP contribution in [0.25, 0.3) is 0 Å². The lowest BCUT2D eigenvalue weighted by molar-refractivity contribution is -0.143. The van der Waals surface area contributed by atoms with Crippen LogP contribution < -0.4 is 10.6 Å². The molecule has 1 atom stereocenters. The second kappa shape index (κ2) is 8.58. The Morgan fingerprint density at radius 1 is 1.29 bits per heavy atom. The zero-order valence-electron chi connectivity index (χ0n) is 13.5. The van der Waals surface area contributed by atoms with Crippen molar-refractivity contribution >= 4 is 17.6 Å². The fraction of sp³-hybridized carbons (Fsp3) is 0.562. The molecule has 24 heavy (non-hydrogen) atoms.